The van der Waals surface area contributed by atoms with Crippen molar-refractivity contribution in [1.82, 2.24) is 0 Å². The summed E-state index contributed by atoms with van der Waals surface area (Å²) in [5, 5.41) is 18.4. The van der Waals surface area contributed by atoms with Gasteiger partial charge in [0.2, 0.25) is 0 Å². The van der Waals surface area contributed by atoms with Crippen molar-refractivity contribution in [3.05, 3.63) is 58.1 Å². The molecule has 0 bridgehead atoms. The zero-order valence-corrected chi connectivity index (χ0v) is 15.6. The van der Waals surface area contributed by atoms with Gasteiger partial charge in [-0.3, -0.25) is 4.31 Å². The second kappa shape index (κ2) is 7.53. The molecule has 0 saturated heterocycles. The molecule has 26 heavy (non-hydrogen) atoms. The summed E-state index contributed by atoms with van der Waals surface area (Å²) in [4.78, 5) is 22.3. The highest BCUT2D eigenvalue weighted by Crippen LogP contribution is 2.32. The summed E-state index contributed by atoms with van der Waals surface area (Å²) in [5.41, 5.74) is -0.326. The second-order valence-electron chi connectivity index (χ2n) is 5.25. The average Bonchev–Trinajstić information content (AvgIpc) is 2.57. The summed E-state index contributed by atoms with van der Waals surface area (Å²) >= 11 is 11.8. The standard InChI is InChI=1S/C16H13Cl2NO6S/c1-9(15(20)21)19(12-4-2-3-10(7-12)16(22)23)26(24,25)14-8-11(17)5-6-13(14)18/h2-9H,1H3,(H,20,21)(H,22,23). The van der Waals surface area contributed by atoms with Crippen molar-refractivity contribution in [3.8, 4) is 0 Å². The number of hydrogen-bond donors (Lipinski definition) is 2. The second-order valence-corrected chi connectivity index (χ2v) is 7.87. The van der Waals surface area contributed by atoms with Gasteiger partial charge in [-0.15, -0.1) is 0 Å². The van der Waals surface area contributed by atoms with Gasteiger partial charge in [0, 0.05) is 5.02 Å². The number of rotatable bonds is 6. The van der Waals surface area contributed by atoms with E-state index < -0.39 is 28.0 Å². The molecule has 1 atom stereocenters. The minimum Gasteiger partial charge on any atom is -0.480 e. The first kappa shape index (κ1) is 20.0. The topological polar surface area (TPSA) is 112 Å². The Hall–Kier alpha value is -2.29. The Bertz CT molecular complexity index is 976. The average molecular weight is 418 g/mol. The maximum atomic E-state index is 13.1. The van der Waals surface area contributed by atoms with Crippen molar-refractivity contribution in [2.24, 2.45) is 0 Å². The summed E-state index contributed by atoms with van der Waals surface area (Å²) in [6, 6.07) is 7.16. The molecule has 138 valence electrons. The summed E-state index contributed by atoms with van der Waals surface area (Å²) in [5.74, 6) is -2.71. The van der Waals surface area contributed by atoms with Gasteiger partial charge in [0.15, 0.2) is 0 Å². The zero-order valence-electron chi connectivity index (χ0n) is 13.3. The smallest absolute Gasteiger partial charge is 0.335 e. The number of anilines is 1. The third-order valence-corrected chi connectivity index (χ3v) is 6.10. The van der Waals surface area contributed by atoms with Crippen LogP contribution in [0.5, 0.6) is 0 Å². The van der Waals surface area contributed by atoms with Crippen LogP contribution < -0.4 is 4.31 Å². The van der Waals surface area contributed by atoms with E-state index in [1.807, 2.05) is 0 Å². The normalized spacial score (nSPS) is 12.4. The summed E-state index contributed by atoms with van der Waals surface area (Å²) in [6.45, 7) is 1.16. The lowest BCUT2D eigenvalue weighted by Gasteiger charge is -2.28. The molecular weight excluding hydrogens is 405 g/mol. The fraction of sp³-hybridized carbons (Fsp3) is 0.125. The van der Waals surface area contributed by atoms with Crippen LogP contribution in [0.25, 0.3) is 0 Å². The van der Waals surface area contributed by atoms with Crippen molar-refractivity contribution in [3.63, 3.8) is 0 Å². The molecule has 2 aromatic carbocycles. The van der Waals surface area contributed by atoms with E-state index in [0.29, 0.717) is 4.31 Å². The maximum Gasteiger partial charge on any atom is 0.335 e. The molecule has 0 aromatic heterocycles. The molecule has 0 aliphatic heterocycles. The molecule has 0 radical (unpaired) electrons. The highest BCUT2D eigenvalue weighted by atomic mass is 35.5. The zero-order chi connectivity index (χ0) is 19.6. The summed E-state index contributed by atoms with van der Waals surface area (Å²) in [6.07, 6.45) is 0. The van der Waals surface area contributed by atoms with Crippen molar-refractivity contribution >= 4 is 50.9 Å². The molecule has 0 fully saturated rings. The fourth-order valence-corrected chi connectivity index (χ4v) is 4.57. The Morgan fingerprint density at radius 2 is 1.73 bits per heavy atom. The predicted octanol–water partition coefficient (Wildman–Crippen LogP) is 3.36. The number of aromatic carboxylic acids is 1. The van der Waals surface area contributed by atoms with Crippen LogP contribution in [0.15, 0.2) is 47.4 Å². The van der Waals surface area contributed by atoms with Gasteiger partial charge < -0.3 is 10.2 Å². The third-order valence-electron chi connectivity index (χ3n) is 3.49. The van der Waals surface area contributed by atoms with E-state index in [1.54, 1.807) is 0 Å². The first-order chi connectivity index (χ1) is 12.1. The number of carboxylic acids is 2. The molecule has 2 rings (SSSR count). The van der Waals surface area contributed by atoms with Crippen LogP contribution in [-0.2, 0) is 14.8 Å². The van der Waals surface area contributed by atoms with Crippen LogP contribution in [0.2, 0.25) is 10.0 Å². The summed E-state index contributed by atoms with van der Waals surface area (Å²) < 4.78 is 26.8. The van der Waals surface area contributed by atoms with E-state index in [0.717, 1.165) is 19.1 Å². The Kier molecular flexibility index (Phi) is 5.80. The first-order valence-corrected chi connectivity index (χ1v) is 9.31. The number of hydrogen-bond acceptors (Lipinski definition) is 4. The fourth-order valence-electron chi connectivity index (χ4n) is 2.23. The molecular formula is C16H13Cl2NO6S. The molecule has 1 unspecified atom stereocenters. The molecule has 0 heterocycles. The van der Waals surface area contributed by atoms with Crippen molar-refractivity contribution in [2.45, 2.75) is 17.9 Å². The number of nitrogens with zero attached hydrogens (tertiary/aromatic N) is 1. The molecule has 0 aliphatic carbocycles. The number of aliphatic carboxylic acids is 1. The Morgan fingerprint density at radius 1 is 1.08 bits per heavy atom. The van der Waals surface area contributed by atoms with Crippen LogP contribution in [0.1, 0.15) is 17.3 Å². The minimum atomic E-state index is -4.45. The molecule has 2 aromatic rings. The van der Waals surface area contributed by atoms with Crippen molar-refractivity contribution in [2.75, 3.05) is 4.31 Å². The maximum absolute atomic E-state index is 13.1. The van der Waals surface area contributed by atoms with E-state index >= 15 is 0 Å². The molecule has 7 nitrogen and oxygen atoms in total. The van der Waals surface area contributed by atoms with Crippen LogP contribution in [-0.4, -0.2) is 36.6 Å². The van der Waals surface area contributed by atoms with Crippen LogP contribution in [0.4, 0.5) is 5.69 Å². The third kappa shape index (κ3) is 3.92. The minimum absolute atomic E-state index is 0.0928. The number of halogens is 2. The summed E-state index contributed by atoms with van der Waals surface area (Å²) in [7, 11) is -4.45. The number of benzene rings is 2. The Labute approximate surface area is 159 Å². The van der Waals surface area contributed by atoms with Gasteiger partial charge in [-0.1, -0.05) is 29.3 Å². The van der Waals surface area contributed by atoms with Gasteiger partial charge in [0.1, 0.15) is 10.9 Å². The molecule has 0 amide bonds. The van der Waals surface area contributed by atoms with E-state index in [2.05, 4.69) is 0 Å². The van der Waals surface area contributed by atoms with Gasteiger partial charge >= 0.3 is 11.9 Å². The van der Waals surface area contributed by atoms with Gasteiger partial charge in [-0.2, -0.15) is 0 Å². The quantitative estimate of drug-likeness (QED) is 0.744. The van der Waals surface area contributed by atoms with Crippen LogP contribution >= 0.6 is 23.2 Å². The van der Waals surface area contributed by atoms with Crippen molar-refractivity contribution < 1.29 is 28.2 Å². The van der Waals surface area contributed by atoms with Crippen molar-refractivity contribution in [1.29, 1.82) is 0 Å². The van der Waals surface area contributed by atoms with E-state index in [1.165, 1.54) is 30.3 Å². The van der Waals surface area contributed by atoms with Gasteiger partial charge in [0.25, 0.3) is 10.0 Å². The van der Waals surface area contributed by atoms with Gasteiger partial charge in [-0.05, 0) is 43.3 Å². The SMILES string of the molecule is CC(C(=O)O)N(c1cccc(C(=O)O)c1)S(=O)(=O)c1cc(Cl)ccc1Cl. The van der Waals surface area contributed by atoms with Gasteiger partial charge in [-0.25, -0.2) is 18.0 Å². The lowest BCUT2D eigenvalue weighted by atomic mass is 10.2. The monoisotopic (exact) mass is 417 g/mol. The van der Waals surface area contributed by atoms with E-state index in [9.17, 15) is 23.1 Å². The molecule has 0 aliphatic rings. The van der Waals surface area contributed by atoms with Crippen LogP contribution in [0.3, 0.4) is 0 Å². The molecule has 0 spiro atoms. The van der Waals surface area contributed by atoms with Crippen LogP contribution in [0, 0.1) is 0 Å². The number of sulfonamides is 1. The Morgan fingerprint density at radius 3 is 2.31 bits per heavy atom. The Balaban J connectivity index is 2.73. The lowest BCUT2D eigenvalue weighted by molar-refractivity contribution is -0.137. The molecule has 10 heteroatoms. The number of carbonyl (C=O) groups is 2. The highest BCUT2D eigenvalue weighted by Gasteiger charge is 2.35. The molecule has 2 N–H and O–H groups in total. The predicted molar refractivity (Wildman–Crippen MR) is 96.6 cm³/mol. The van der Waals surface area contributed by atoms with Gasteiger partial charge in [0.05, 0.1) is 16.3 Å². The first-order valence-electron chi connectivity index (χ1n) is 7.11. The van der Waals surface area contributed by atoms with E-state index in [4.69, 9.17) is 28.3 Å². The number of carboxylic acid groups (broad SMARTS) is 2. The van der Waals surface area contributed by atoms with E-state index in [-0.39, 0.29) is 26.2 Å². The lowest BCUT2D eigenvalue weighted by Crippen LogP contribution is -2.43. The largest absolute Gasteiger partial charge is 0.480 e. The highest BCUT2D eigenvalue weighted by molar-refractivity contribution is 7.93. The molecule has 0 saturated carbocycles.